The van der Waals surface area contributed by atoms with Crippen LogP contribution in [0.4, 0.5) is 22.7 Å². The van der Waals surface area contributed by atoms with E-state index >= 15 is 0 Å². The molecule has 0 saturated carbocycles. The summed E-state index contributed by atoms with van der Waals surface area (Å²) in [6.07, 6.45) is 3.55. The third kappa shape index (κ3) is 6.55. The largest absolute Gasteiger partial charge is 0.376 e. The minimum atomic E-state index is -0.456. The van der Waals surface area contributed by atoms with Crippen LogP contribution in [0.2, 0.25) is 0 Å². The minimum Gasteiger partial charge on any atom is -0.376 e. The summed E-state index contributed by atoms with van der Waals surface area (Å²) in [7, 11) is 1.50. The van der Waals surface area contributed by atoms with Crippen molar-refractivity contribution in [3.63, 3.8) is 0 Å². The molecule has 0 aliphatic carbocycles. The van der Waals surface area contributed by atoms with Gasteiger partial charge in [-0.3, -0.25) is 20.2 Å². The van der Waals surface area contributed by atoms with Crippen molar-refractivity contribution >= 4 is 22.7 Å². The molecule has 0 saturated heterocycles. The van der Waals surface area contributed by atoms with Crippen LogP contribution >= 0.6 is 0 Å². The van der Waals surface area contributed by atoms with Gasteiger partial charge in [0.1, 0.15) is 18.2 Å². The first kappa shape index (κ1) is 21.8. The Labute approximate surface area is 167 Å². The smallest absolute Gasteiger partial charge is 0.292 e. The molecule has 2 N–H and O–H groups in total. The molecule has 10 heteroatoms. The topological polar surface area (TPSA) is 129 Å². The van der Waals surface area contributed by atoms with Gasteiger partial charge < -0.3 is 20.1 Å². The average molecular weight is 402 g/mol. The van der Waals surface area contributed by atoms with E-state index in [4.69, 9.17) is 9.47 Å². The van der Waals surface area contributed by atoms with E-state index < -0.39 is 9.85 Å². The molecule has 0 aliphatic rings. The van der Waals surface area contributed by atoms with Crippen molar-refractivity contribution in [3.05, 3.63) is 80.4 Å². The third-order valence-corrected chi connectivity index (χ3v) is 3.86. The molecule has 29 heavy (non-hydrogen) atoms. The molecule has 0 atom stereocenters. The summed E-state index contributed by atoms with van der Waals surface area (Å²) in [5.41, 5.74) is 1.40. The van der Waals surface area contributed by atoms with Crippen LogP contribution in [-0.4, -0.2) is 36.8 Å². The summed E-state index contributed by atoms with van der Waals surface area (Å²) >= 11 is 0. The van der Waals surface area contributed by atoms with Gasteiger partial charge in [0.05, 0.1) is 16.5 Å². The van der Waals surface area contributed by atoms with Gasteiger partial charge in [-0.25, -0.2) is 0 Å². The number of benzene rings is 2. The van der Waals surface area contributed by atoms with Gasteiger partial charge >= 0.3 is 0 Å². The van der Waals surface area contributed by atoms with E-state index in [1.807, 2.05) is 0 Å². The van der Waals surface area contributed by atoms with Crippen LogP contribution in [0.3, 0.4) is 0 Å². The maximum absolute atomic E-state index is 11.3. The highest BCUT2D eigenvalue weighted by molar-refractivity contribution is 5.66. The molecule has 154 valence electrons. The maximum Gasteiger partial charge on any atom is 0.292 e. The number of nitro benzene ring substituents is 2. The lowest BCUT2D eigenvalue weighted by Gasteiger charge is -2.11. The Morgan fingerprint density at radius 2 is 1.59 bits per heavy atom. The first-order chi connectivity index (χ1) is 14.0. The van der Waals surface area contributed by atoms with E-state index in [1.165, 1.54) is 19.2 Å². The molecule has 2 rings (SSSR count). The predicted octanol–water partition coefficient (Wildman–Crippen LogP) is 3.70. The molecule has 0 aliphatic heterocycles. The molecule has 2 aromatic rings. The van der Waals surface area contributed by atoms with Gasteiger partial charge in [0.25, 0.3) is 11.4 Å². The van der Waals surface area contributed by atoms with Gasteiger partial charge in [0, 0.05) is 37.9 Å². The zero-order valence-corrected chi connectivity index (χ0v) is 15.9. The fourth-order valence-corrected chi connectivity index (χ4v) is 2.58. The Morgan fingerprint density at radius 1 is 0.931 bits per heavy atom. The van der Waals surface area contributed by atoms with E-state index in [0.29, 0.717) is 30.0 Å². The van der Waals surface area contributed by atoms with Gasteiger partial charge in [-0.1, -0.05) is 36.4 Å². The summed E-state index contributed by atoms with van der Waals surface area (Å²) in [6, 6.07) is 11.1. The second kappa shape index (κ2) is 11.4. The lowest BCUT2D eigenvalue weighted by molar-refractivity contribution is -0.384. The van der Waals surface area contributed by atoms with Crippen molar-refractivity contribution in [2.75, 3.05) is 37.6 Å². The molecule has 0 aromatic heterocycles. The minimum absolute atomic E-state index is 0.000337. The number of para-hydroxylation sites is 3. The van der Waals surface area contributed by atoms with Crippen LogP contribution < -0.4 is 10.6 Å². The zero-order valence-electron chi connectivity index (χ0n) is 15.9. The van der Waals surface area contributed by atoms with Crippen molar-refractivity contribution in [1.82, 2.24) is 0 Å². The summed E-state index contributed by atoms with van der Waals surface area (Å²) in [5, 5.41) is 28.3. The number of nitrogens with one attached hydrogen (secondary N) is 2. The van der Waals surface area contributed by atoms with E-state index in [0.717, 1.165) is 0 Å². The second-order valence-electron chi connectivity index (χ2n) is 5.83. The standard InChI is InChI=1S/C19H22N4O6/c1-28-14-29-13-15-7-6-10-18(23(26)27)19(15)21-12-5-4-11-20-16-8-2-3-9-17(16)22(24)25/h2-10,20-21H,11-14H2,1H3/b5-4+. The van der Waals surface area contributed by atoms with Crippen LogP contribution in [0.1, 0.15) is 5.56 Å². The fourth-order valence-electron chi connectivity index (χ4n) is 2.58. The number of nitrogens with zero attached hydrogens (tertiary/aromatic N) is 2. The summed E-state index contributed by atoms with van der Waals surface area (Å²) < 4.78 is 10.1. The predicted molar refractivity (Wildman–Crippen MR) is 109 cm³/mol. The summed E-state index contributed by atoms with van der Waals surface area (Å²) in [6.45, 7) is 0.952. The number of methoxy groups -OCH3 is 1. The normalized spacial score (nSPS) is 10.8. The third-order valence-electron chi connectivity index (χ3n) is 3.86. The molecule has 0 heterocycles. The van der Waals surface area contributed by atoms with Gasteiger partial charge in [0.15, 0.2) is 0 Å². The summed E-state index contributed by atoms with van der Waals surface area (Å²) in [5.74, 6) is 0. The van der Waals surface area contributed by atoms with Crippen LogP contribution in [0.15, 0.2) is 54.6 Å². The molecule has 2 aromatic carbocycles. The van der Waals surface area contributed by atoms with Crippen LogP contribution in [0, 0.1) is 20.2 Å². The molecule has 0 radical (unpaired) electrons. The van der Waals surface area contributed by atoms with E-state index in [1.54, 1.807) is 42.5 Å². The van der Waals surface area contributed by atoms with Crippen molar-refractivity contribution < 1.29 is 19.3 Å². The number of ether oxygens (including phenoxy) is 2. The second-order valence-corrected chi connectivity index (χ2v) is 5.83. The highest BCUT2D eigenvalue weighted by Gasteiger charge is 2.16. The highest BCUT2D eigenvalue weighted by atomic mass is 16.7. The number of rotatable bonds is 12. The molecule has 0 spiro atoms. The van der Waals surface area contributed by atoms with Crippen molar-refractivity contribution in [2.24, 2.45) is 0 Å². The Hall–Kier alpha value is -3.50. The maximum atomic E-state index is 11.3. The molecule has 0 unspecified atom stereocenters. The van der Waals surface area contributed by atoms with Gasteiger partial charge in [0.2, 0.25) is 0 Å². The Balaban J connectivity index is 1.95. The molecule has 0 bridgehead atoms. The molecule has 0 fully saturated rings. The first-order valence-corrected chi connectivity index (χ1v) is 8.73. The van der Waals surface area contributed by atoms with Crippen molar-refractivity contribution in [1.29, 1.82) is 0 Å². The monoisotopic (exact) mass is 402 g/mol. The van der Waals surface area contributed by atoms with E-state index in [2.05, 4.69) is 10.6 Å². The highest BCUT2D eigenvalue weighted by Crippen LogP contribution is 2.28. The summed E-state index contributed by atoms with van der Waals surface area (Å²) in [4.78, 5) is 21.4. The number of hydrogen-bond acceptors (Lipinski definition) is 8. The van der Waals surface area contributed by atoms with Gasteiger partial charge in [-0.05, 0) is 6.07 Å². The number of hydrogen-bond donors (Lipinski definition) is 2. The number of anilines is 2. The fraction of sp³-hybridized carbons (Fsp3) is 0.263. The molecule has 0 amide bonds. The molecular weight excluding hydrogens is 380 g/mol. The van der Waals surface area contributed by atoms with Crippen LogP contribution in [0.5, 0.6) is 0 Å². The average Bonchev–Trinajstić information content (AvgIpc) is 2.71. The van der Waals surface area contributed by atoms with Gasteiger partial charge in [-0.15, -0.1) is 0 Å². The SMILES string of the molecule is COCOCc1cccc([N+](=O)[O-])c1NC/C=C/CNc1ccccc1[N+](=O)[O-]. The lowest BCUT2D eigenvalue weighted by Crippen LogP contribution is -2.08. The van der Waals surface area contributed by atoms with Gasteiger partial charge in [-0.2, -0.15) is 0 Å². The Morgan fingerprint density at radius 3 is 2.28 bits per heavy atom. The first-order valence-electron chi connectivity index (χ1n) is 8.73. The zero-order chi connectivity index (χ0) is 21.1. The Kier molecular flexibility index (Phi) is 8.54. The van der Waals surface area contributed by atoms with Crippen molar-refractivity contribution in [2.45, 2.75) is 6.61 Å². The molecular formula is C19H22N4O6. The lowest BCUT2D eigenvalue weighted by atomic mass is 10.1. The molecule has 10 nitrogen and oxygen atoms in total. The van der Waals surface area contributed by atoms with Crippen LogP contribution in [0.25, 0.3) is 0 Å². The van der Waals surface area contributed by atoms with E-state index in [9.17, 15) is 20.2 Å². The van der Waals surface area contributed by atoms with E-state index in [-0.39, 0.29) is 24.8 Å². The van der Waals surface area contributed by atoms with Crippen molar-refractivity contribution in [3.8, 4) is 0 Å². The van der Waals surface area contributed by atoms with Crippen LogP contribution in [-0.2, 0) is 16.1 Å². The number of nitro groups is 2. The quantitative estimate of drug-likeness (QED) is 0.181. The Bertz CT molecular complexity index is 872.